The predicted molar refractivity (Wildman–Crippen MR) is 53.6 cm³/mol. The van der Waals surface area contributed by atoms with Crippen LogP contribution in [0.4, 0.5) is 0 Å². The van der Waals surface area contributed by atoms with Crippen molar-refractivity contribution in [2.24, 2.45) is 0 Å². The lowest BCUT2D eigenvalue weighted by molar-refractivity contribution is 0.304. The maximum atomic E-state index is 5.47. The Balaban J connectivity index is 2.02. The molecule has 0 radical (unpaired) electrons. The number of hydrogen-bond donors (Lipinski definition) is 0. The Hall–Kier alpha value is -1.08. The normalized spacial score (nSPS) is 25.5. The van der Waals surface area contributed by atoms with E-state index in [1.165, 1.54) is 5.56 Å². The molecule has 0 spiro atoms. The third-order valence-corrected chi connectivity index (χ3v) is 2.44. The molecule has 1 aromatic carbocycles. The topological polar surface area (TPSA) is 12.5 Å². The van der Waals surface area contributed by atoms with E-state index in [1.807, 2.05) is 12.1 Å². The first-order valence-corrected chi connectivity index (χ1v) is 4.63. The van der Waals surface area contributed by atoms with Crippen LogP contribution in [0.5, 0.6) is 0 Å². The van der Waals surface area contributed by atoms with Crippen LogP contribution in [0, 0.1) is 0 Å². The second-order valence-electron chi connectivity index (χ2n) is 3.63. The van der Waals surface area contributed by atoms with Crippen molar-refractivity contribution >= 4 is 0 Å². The van der Waals surface area contributed by atoms with Crippen molar-refractivity contribution in [2.45, 2.75) is 18.4 Å². The fourth-order valence-electron chi connectivity index (χ4n) is 1.63. The Morgan fingerprint density at radius 2 is 2.08 bits per heavy atom. The predicted octanol–water partition coefficient (Wildman–Crippen LogP) is 2.57. The van der Waals surface area contributed by atoms with Crippen LogP contribution in [0.3, 0.4) is 0 Å². The summed E-state index contributed by atoms with van der Waals surface area (Å²) in [4.78, 5) is 0. The van der Waals surface area contributed by atoms with Gasteiger partial charge in [0.1, 0.15) is 0 Å². The highest BCUT2D eigenvalue weighted by Crippen LogP contribution is 2.34. The van der Waals surface area contributed by atoms with Crippen molar-refractivity contribution in [1.82, 2.24) is 0 Å². The van der Waals surface area contributed by atoms with E-state index >= 15 is 0 Å². The van der Waals surface area contributed by atoms with Crippen molar-refractivity contribution in [1.29, 1.82) is 0 Å². The molecule has 1 aliphatic rings. The monoisotopic (exact) mass is 174 g/mol. The van der Waals surface area contributed by atoms with E-state index < -0.39 is 0 Å². The molecule has 1 fully saturated rings. The molecule has 1 unspecified atom stereocenters. The molecule has 13 heavy (non-hydrogen) atoms. The summed E-state index contributed by atoms with van der Waals surface area (Å²) >= 11 is 0. The average Bonchev–Trinajstić information content (AvgIpc) is 2.87. The first-order valence-electron chi connectivity index (χ1n) is 4.63. The Bertz CT molecular complexity index is 285. The minimum Gasteiger partial charge on any atom is -0.369 e. The van der Waals surface area contributed by atoms with Crippen LogP contribution in [0.15, 0.2) is 43.0 Å². The first-order chi connectivity index (χ1) is 6.35. The lowest BCUT2D eigenvalue weighted by atomic mass is 9.97. The zero-order valence-corrected chi connectivity index (χ0v) is 7.70. The lowest BCUT2D eigenvalue weighted by Gasteiger charge is -2.08. The SMILES string of the molecule is C=CCC1(Cc2ccccc2)CO1. The Morgan fingerprint density at radius 3 is 2.62 bits per heavy atom. The van der Waals surface area contributed by atoms with E-state index in [0.29, 0.717) is 0 Å². The third-order valence-electron chi connectivity index (χ3n) is 2.44. The van der Waals surface area contributed by atoms with Crippen molar-refractivity contribution in [3.8, 4) is 0 Å². The van der Waals surface area contributed by atoms with Gasteiger partial charge in [-0.15, -0.1) is 6.58 Å². The van der Waals surface area contributed by atoms with Gasteiger partial charge in [0.05, 0.1) is 12.2 Å². The van der Waals surface area contributed by atoms with E-state index in [-0.39, 0.29) is 5.60 Å². The molecule has 2 rings (SSSR count). The summed E-state index contributed by atoms with van der Waals surface area (Å²) in [5.74, 6) is 0. The summed E-state index contributed by atoms with van der Waals surface area (Å²) in [6.45, 7) is 4.63. The van der Waals surface area contributed by atoms with Crippen molar-refractivity contribution in [3.05, 3.63) is 48.6 Å². The van der Waals surface area contributed by atoms with Crippen LogP contribution in [-0.4, -0.2) is 12.2 Å². The standard InChI is InChI=1S/C12H14O/c1-2-8-12(10-13-12)9-11-6-4-3-5-7-11/h2-7H,1,8-10H2. The van der Waals surface area contributed by atoms with Gasteiger partial charge in [0, 0.05) is 6.42 Å². The van der Waals surface area contributed by atoms with E-state index in [2.05, 4.69) is 30.8 Å². The third kappa shape index (κ3) is 1.99. The fourth-order valence-corrected chi connectivity index (χ4v) is 1.63. The maximum absolute atomic E-state index is 5.47. The van der Waals surface area contributed by atoms with E-state index in [4.69, 9.17) is 4.74 Å². The largest absolute Gasteiger partial charge is 0.369 e. The van der Waals surface area contributed by atoms with Gasteiger partial charge in [0.2, 0.25) is 0 Å². The molecule has 1 saturated heterocycles. The van der Waals surface area contributed by atoms with Crippen LogP contribution in [0.2, 0.25) is 0 Å². The van der Waals surface area contributed by atoms with Crippen LogP contribution < -0.4 is 0 Å². The molecule has 0 saturated carbocycles. The summed E-state index contributed by atoms with van der Waals surface area (Å²) in [6.07, 6.45) is 3.91. The maximum Gasteiger partial charge on any atom is 0.0990 e. The van der Waals surface area contributed by atoms with Gasteiger partial charge in [-0.2, -0.15) is 0 Å². The van der Waals surface area contributed by atoms with Gasteiger partial charge in [0.15, 0.2) is 0 Å². The fraction of sp³-hybridized carbons (Fsp3) is 0.333. The Morgan fingerprint density at radius 1 is 1.38 bits per heavy atom. The van der Waals surface area contributed by atoms with Crippen molar-refractivity contribution in [3.63, 3.8) is 0 Å². The minimum atomic E-state index is 0.0864. The highest BCUT2D eigenvalue weighted by atomic mass is 16.6. The average molecular weight is 174 g/mol. The summed E-state index contributed by atoms with van der Waals surface area (Å²) in [6, 6.07) is 10.5. The number of ether oxygens (including phenoxy) is 1. The molecule has 0 N–H and O–H groups in total. The second-order valence-corrected chi connectivity index (χ2v) is 3.63. The highest BCUT2D eigenvalue weighted by molar-refractivity contribution is 5.19. The molecule has 1 nitrogen and oxygen atoms in total. The summed E-state index contributed by atoms with van der Waals surface area (Å²) in [5, 5.41) is 0. The molecule has 0 aliphatic carbocycles. The van der Waals surface area contributed by atoms with Gasteiger partial charge in [0.25, 0.3) is 0 Å². The molecule has 0 amide bonds. The van der Waals surface area contributed by atoms with Gasteiger partial charge in [-0.1, -0.05) is 36.4 Å². The zero-order valence-electron chi connectivity index (χ0n) is 7.70. The molecule has 1 aliphatic heterocycles. The van der Waals surface area contributed by atoms with Crippen LogP contribution in [0.25, 0.3) is 0 Å². The highest BCUT2D eigenvalue weighted by Gasteiger charge is 2.43. The van der Waals surface area contributed by atoms with Crippen LogP contribution >= 0.6 is 0 Å². The minimum absolute atomic E-state index is 0.0864. The smallest absolute Gasteiger partial charge is 0.0990 e. The molecule has 68 valence electrons. The summed E-state index contributed by atoms with van der Waals surface area (Å²) < 4.78 is 5.47. The number of hydrogen-bond acceptors (Lipinski definition) is 1. The molecular formula is C12H14O. The lowest BCUT2D eigenvalue weighted by Crippen LogP contribution is -2.13. The van der Waals surface area contributed by atoms with Crippen LogP contribution in [0.1, 0.15) is 12.0 Å². The van der Waals surface area contributed by atoms with Crippen LogP contribution in [-0.2, 0) is 11.2 Å². The van der Waals surface area contributed by atoms with Gasteiger partial charge >= 0.3 is 0 Å². The van der Waals surface area contributed by atoms with Gasteiger partial charge in [-0.05, 0) is 12.0 Å². The molecular weight excluding hydrogens is 160 g/mol. The zero-order chi connectivity index (χ0) is 9.15. The Labute approximate surface area is 79.0 Å². The molecule has 1 heterocycles. The number of benzene rings is 1. The second kappa shape index (κ2) is 3.35. The number of epoxide rings is 1. The Kier molecular flexibility index (Phi) is 2.19. The molecule has 0 bridgehead atoms. The first kappa shape index (κ1) is 8.52. The number of rotatable bonds is 4. The molecule has 1 atom stereocenters. The summed E-state index contributed by atoms with van der Waals surface area (Å²) in [7, 11) is 0. The van der Waals surface area contributed by atoms with Crippen molar-refractivity contribution in [2.75, 3.05) is 6.61 Å². The van der Waals surface area contributed by atoms with E-state index in [0.717, 1.165) is 19.4 Å². The van der Waals surface area contributed by atoms with Gasteiger partial charge < -0.3 is 4.74 Å². The molecule has 0 aromatic heterocycles. The van der Waals surface area contributed by atoms with Crippen molar-refractivity contribution < 1.29 is 4.74 Å². The molecule has 1 aromatic rings. The van der Waals surface area contributed by atoms with E-state index in [9.17, 15) is 0 Å². The molecule has 1 heteroatoms. The van der Waals surface area contributed by atoms with Gasteiger partial charge in [-0.3, -0.25) is 0 Å². The summed E-state index contributed by atoms with van der Waals surface area (Å²) in [5.41, 5.74) is 1.44. The van der Waals surface area contributed by atoms with E-state index in [1.54, 1.807) is 0 Å². The van der Waals surface area contributed by atoms with Gasteiger partial charge in [-0.25, -0.2) is 0 Å². The quantitative estimate of drug-likeness (QED) is 0.505.